The first-order valence-corrected chi connectivity index (χ1v) is 6.15. The first-order valence-electron chi connectivity index (χ1n) is 5.07. The molecule has 0 radical (unpaired) electrons. The minimum Gasteiger partial charge on any atom is -0.397 e. The molecule has 0 amide bonds. The highest BCUT2D eigenvalue weighted by atomic mass is 127. The lowest BCUT2D eigenvalue weighted by Gasteiger charge is -2.22. The van der Waals surface area contributed by atoms with E-state index in [0.29, 0.717) is 14.9 Å². The Morgan fingerprint density at radius 1 is 1.50 bits per heavy atom. The second-order valence-corrected chi connectivity index (χ2v) is 5.19. The summed E-state index contributed by atoms with van der Waals surface area (Å²) in [6.07, 6.45) is 0. The molecule has 0 aliphatic heterocycles. The Balaban J connectivity index is 2.92. The van der Waals surface area contributed by atoms with Crippen LogP contribution < -0.4 is 11.1 Å². The second-order valence-electron chi connectivity index (χ2n) is 4.03. The molecule has 0 aromatic heterocycles. The van der Waals surface area contributed by atoms with Gasteiger partial charge in [-0.25, -0.2) is 4.39 Å². The van der Waals surface area contributed by atoms with Crippen molar-refractivity contribution in [2.75, 3.05) is 17.7 Å². The summed E-state index contributed by atoms with van der Waals surface area (Å²) in [6.45, 7) is 3.95. The molecular weight excluding hydrogens is 322 g/mol. The summed E-state index contributed by atoms with van der Waals surface area (Å²) >= 11 is 1.89. The van der Waals surface area contributed by atoms with Crippen molar-refractivity contribution in [3.05, 3.63) is 21.5 Å². The standard InChI is InChI=1S/C11H16FIN2O/c1-6(2)11(5-16)15-10-3-7(12)8(13)4-9(10)14/h3-4,6,11,15-16H,5,14H2,1-2H3. The average molecular weight is 338 g/mol. The van der Waals surface area contributed by atoms with Crippen molar-refractivity contribution in [3.8, 4) is 0 Å². The number of aliphatic hydroxyl groups excluding tert-OH is 1. The van der Waals surface area contributed by atoms with Crippen molar-refractivity contribution >= 4 is 34.0 Å². The van der Waals surface area contributed by atoms with E-state index < -0.39 is 0 Å². The fourth-order valence-electron chi connectivity index (χ4n) is 1.31. The van der Waals surface area contributed by atoms with Crippen LogP contribution in [-0.4, -0.2) is 17.8 Å². The van der Waals surface area contributed by atoms with E-state index in [0.717, 1.165) is 0 Å². The summed E-state index contributed by atoms with van der Waals surface area (Å²) in [7, 11) is 0. The number of hydrogen-bond donors (Lipinski definition) is 3. The fraction of sp³-hybridized carbons (Fsp3) is 0.455. The van der Waals surface area contributed by atoms with Crippen LogP contribution in [0.15, 0.2) is 12.1 Å². The summed E-state index contributed by atoms with van der Waals surface area (Å²) in [5, 5.41) is 12.2. The third-order valence-electron chi connectivity index (χ3n) is 2.43. The van der Waals surface area contributed by atoms with Crippen molar-refractivity contribution in [1.82, 2.24) is 0 Å². The van der Waals surface area contributed by atoms with Gasteiger partial charge in [-0.15, -0.1) is 0 Å². The smallest absolute Gasteiger partial charge is 0.138 e. The molecule has 1 aromatic rings. The van der Waals surface area contributed by atoms with Crippen LogP contribution in [0.5, 0.6) is 0 Å². The van der Waals surface area contributed by atoms with Gasteiger partial charge in [-0.05, 0) is 34.6 Å². The fourth-order valence-corrected chi connectivity index (χ4v) is 1.80. The van der Waals surface area contributed by atoms with Crippen LogP contribution in [0.1, 0.15) is 13.8 Å². The lowest BCUT2D eigenvalue weighted by Crippen LogP contribution is -2.29. The van der Waals surface area contributed by atoms with Gasteiger partial charge in [-0.1, -0.05) is 13.8 Å². The predicted molar refractivity (Wildman–Crippen MR) is 72.9 cm³/mol. The molecule has 0 bridgehead atoms. The Kier molecular flexibility index (Phi) is 4.79. The molecular formula is C11H16FIN2O. The number of nitrogens with two attached hydrogens (primary N) is 1. The highest BCUT2D eigenvalue weighted by Gasteiger charge is 2.14. The van der Waals surface area contributed by atoms with Crippen LogP contribution in [0, 0.1) is 15.3 Å². The number of nitrogen functional groups attached to an aromatic ring is 1. The minimum absolute atomic E-state index is 0.00921. The average Bonchev–Trinajstić information content (AvgIpc) is 2.21. The first kappa shape index (κ1) is 13.5. The molecule has 0 heterocycles. The Morgan fingerprint density at radius 2 is 2.12 bits per heavy atom. The number of benzene rings is 1. The number of halogens is 2. The molecule has 0 saturated carbocycles. The second kappa shape index (κ2) is 5.67. The lowest BCUT2D eigenvalue weighted by molar-refractivity contribution is 0.249. The molecule has 1 unspecified atom stereocenters. The molecule has 5 heteroatoms. The van der Waals surface area contributed by atoms with E-state index >= 15 is 0 Å². The Labute approximate surface area is 108 Å². The van der Waals surface area contributed by atoms with E-state index in [-0.39, 0.29) is 24.4 Å². The maximum atomic E-state index is 13.3. The van der Waals surface area contributed by atoms with Gasteiger partial charge in [-0.2, -0.15) is 0 Å². The highest BCUT2D eigenvalue weighted by Crippen LogP contribution is 2.25. The van der Waals surface area contributed by atoms with Crippen LogP contribution in [0.3, 0.4) is 0 Å². The van der Waals surface area contributed by atoms with Crippen LogP contribution in [-0.2, 0) is 0 Å². The van der Waals surface area contributed by atoms with Gasteiger partial charge in [0.1, 0.15) is 5.82 Å². The summed E-state index contributed by atoms with van der Waals surface area (Å²) in [5.41, 5.74) is 6.80. The van der Waals surface area contributed by atoms with Crippen molar-refractivity contribution in [3.63, 3.8) is 0 Å². The molecule has 1 atom stereocenters. The van der Waals surface area contributed by atoms with E-state index in [1.54, 1.807) is 6.07 Å². The Bertz CT molecular complexity index is 371. The topological polar surface area (TPSA) is 58.3 Å². The monoisotopic (exact) mass is 338 g/mol. The third-order valence-corrected chi connectivity index (χ3v) is 3.26. The van der Waals surface area contributed by atoms with E-state index in [4.69, 9.17) is 5.73 Å². The van der Waals surface area contributed by atoms with Crippen LogP contribution in [0.4, 0.5) is 15.8 Å². The zero-order valence-corrected chi connectivity index (χ0v) is 11.5. The highest BCUT2D eigenvalue weighted by molar-refractivity contribution is 14.1. The molecule has 0 saturated heterocycles. The lowest BCUT2D eigenvalue weighted by atomic mass is 10.0. The van der Waals surface area contributed by atoms with Gasteiger partial charge in [0.2, 0.25) is 0 Å². The van der Waals surface area contributed by atoms with E-state index in [2.05, 4.69) is 5.32 Å². The Morgan fingerprint density at radius 3 is 2.62 bits per heavy atom. The van der Waals surface area contributed by atoms with Crippen molar-refractivity contribution in [2.24, 2.45) is 5.92 Å². The van der Waals surface area contributed by atoms with Crippen LogP contribution in [0.25, 0.3) is 0 Å². The summed E-state index contributed by atoms with van der Waals surface area (Å²) in [6, 6.07) is 2.82. The molecule has 0 aliphatic rings. The summed E-state index contributed by atoms with van der Waals surface area (Å²) < 4.78 is 13.8. The summed E-state index contributed by atoms with van der Waals surface area (Å²) in [4.78, 5) is 0. The molecule has 0 spiro atoms. The maximum Gasteiger partial charge on any atom is 0.138 e. The van der Waals surface area contributed by atoms with Gasteiger partial charge in [0.05, 0.1) is 27.6 Å². The predicted octanol–water partition coefficient (Wildman–Crippen LogP) is 2.44. The third kappa shape index (κ3) is 3.21. The van der Waals surface area contributed by atoms with Crippen molar-refractivity contribution in [2.45, 2.75) is 19.9 Å². The normalized spacial score (nSPS) is 12.9. The number of nitrogens with one attached hydrogen (secondary N) is 1. The molecule has 1 aromatic carbocycles. The van der Waals surface area contributed by atoms with Gasteiger partial charge < -0.3 is 16.2 Å². The van der Waals surface area contributed by atoms with Gasteiger partial charge in [0, 0.05) is 6.07 Å². The molecule has 90 valence electrons. The molecule has 4 N–H and O–H groups in total. The summed E-state index contributed by atoms with van der Waals surface area (Å²) in [5.74, 6) is -0.0653. The Hall–Kier alpha value is -0.560. The molecule has 0 aliphatic carbocycles. The van der Waals surface area contributed by atoms with E-state index in [1.165, 1.54) is 6.07 Å². The van der Waals surface area contributed by atoms with Crippen molar-refractivity contribution < 1.29 is 9.50 Å². The molecule has 3 nitrogen and oxygen atoms in total. The van der Waals surface area contributed by atoms with Crippen molar-refractivity contribution in [1.29, 1.82) is 0 Å². The van der Waals surface area contributed by atoms with E-state index in [1.807, 2.05) is 36.4 Å². The quantitative estimate of drug-likeness (QED) is 0.584. The van der Waals surface area contributed by atoms with Crippen LogP contribution >= 0.6 is 22.6 Å². The molecule has 1 rings (SSSR count). The number of hydrogen-bond acceptors (Lipinski definition) is 3. The number of rotatable bonds is 4. The van der Waals surface area contributed by atoms with E-state index in [9.17, 15) is 9.50 Å². The first-order chi connectivity index (χ1) is 7.45. The van der Waals surface area contributed by atoms with Crippen LogP contribution in [0.2, 0.25) is 0 Å². The van der Waals surface area contributed by atoms with Gasteiger partial charge in [0.15, 0.2) is 0 Å². The SMILES string of the molecule is CC(C)C(CO)Nc1cc(F)c(I)cc1N. The maximum absolute atomic E-state index is 13.3. The van der Waals surface area contributed by atoms with Gasteiger partial charge in [0.25, 0.3) is 0 Å². The molecule has 0 fully saturated rings. The zero-order valence-electron chi connectivity index (χ0n) is 9.30. The number of anilines is 2. The number of aliphatic hydroxyl groups is 1. The largest absolute Gasteiger partial charge is 0.397 e. The zero-order chi connectivity index (χ0) is 12.3. The van der Waals surface area contributed by atoms with Gasteiger partial charge >= 0.3 is 0 Å². The van der Waals surface area contributed by atoms with Gasteiger partial charge in [-0.3, -0.25) is 0 Å². The molecule has 16 heavy (non-hydrogen) atoms. The minimum atomic E-state index is -0.308.